The molecule has 1 aromatic heterocycles. The average Bonchev–Trinajstić information content (AvgIpc) is 2.19. The van der Waals surface area contributed by atoms with Crippen molar-refractivity contribution in [3.8, 4) is 0 Å². The summed E-state index contributed by atoms with van der Waals surface area (Å²) in [5.74, 6) is -0.833. The maximum atomic E-state index is 9.00. The van der Waals surface area contributed by atoms with E-state index in [9.17, 15) is 0 Å². The molecule has 0 aliphatic heterocycles. The van der Waals surface area contributed by atoms with E-state index in [0.29, 0.717) is 0 Å². The first-order chi connectivity index (χ1) is 7.16. The second-order valence-corrected chi connectivity index (χ2v) is 3.33. The molecule has 1 aromatic rings. The van der Waals surface area contributed by atoms with E-state index in [1.54, 1.807) is 0 Å². The van der Waals surface area contributed by atoms with Crippen molar-refractivity contribution in [3.63, 3.8) is 0 Å². The summed E-state index contributed by atoms with van der Waals surface area (Å²) in [4.78, 5) is 13.0. The predicted molar refractivity (Wildman–Crippen MR) is 60.8 cm³/mol. The highest BCUT2D eigenvalue weighted by Crippen LogP contribution is 2.04. The molecule has 1 heterocycles. The van der Waals surface area contributed by atoms with Gasteiger partial charge in [0.05, 0.1) is 0 Å². The summed E-state index contributed by atoms with van der Waals surface area (Å²) in [5.41, 5.74) is 1.41. The number of carbonyl (C=O) groups is 1. The van der Waals surface area contributed by atoms with Crippen LogP contribution in [0.15, 0.2) is 24.5 Å². The van der Waals surface area contributed by atoms with Crippen LogP contribution in [0.2, 0.25) is 0 Å². The van der Waals surface area contributed by atoms with Crippen molar-refractivity contribution in [1.82, 2.24) is 4.98 Å². The lowest BCUT2D eigenvalue weighted by Crippen LogP contribution is -1.84. The molecule has 0 saturated carbocycles. The summed E-state index contributed by atoms with van der Waals surface area (Å²) in [6, 6.07) is 4.19. The van der Waals surface area contributed by atoms with Crippen molar-refractivity contribution in [3.05, 3.63) is 30.1 Å². The van der Waals surface area contributed by atoms with Gasteiger partial charge in [0.1, 0.15) is 0 Å². The van der Waals surface area contributed by atoms with Crippen molar-refractivity contribution in [1.29, 1.82) is 0 Å². The van der Waals surface area contributed by atoms with Crippen molar-refractivity contribution in [2.45, 2.75) is 39.5 Å². The maximum absolute atomic E-state index is 9.00. The molecular weight excluding hydrogens is 190 g/mol. The number of carboxylic acids is 1. The predicted octanol–water partition coefficient (Wildman–Crippen LogP) is 2.91. The molecule has 3 nitrogen and oxygen atoms in total. The van der Waals surface area contributed by atoms with Crippen molar-refractivity contribution in [2.75, 3.05) is 0 Å². The third kappa shape index (κ3) is 10.5. The topological polar surface area (TPSA) is 50.2 Å². The molecular formula is C12H19NO2. The molecule has 0 spiro atoms. The van der Waals surface area contributed by atoms with Crippen LogP contribution in [0.1, 0.15) is 38.7 Å². The molecule has 1 rings (SSSR count). The Labute approximate surface area is 91.2 Å². The lowest BCUT2D eigenvalue weighted by molar-refractivity contribution is -0.134. The Morgan fingerprint density at radius 2 is 1.87 bits per heavy atom. The van der Waals surface area contributed by atoms with Crippen LogP contribution < -0.4 is 0 Å². The van der Waals surface area contributed by atoms with E-state index in [-0.39, 0.29) is 0 Å². The number of hydrogen-bond acceptors (Lipinski definition) is 2. The van der Waals surface area contributed by atoms with Gasteiger partial charge in [-0.25, -0.2) is 0 Å². The Morgan fingerprint density at radius 1 is 1.33 bits per heavy atom. The Morgan fingerprint density at radius 3 is 2.33 bits per heavy atom. The minimum absolute atomic E-state index is 0.833. The van der Waals surface area contributed by atoms with Gasteiger partial charge in [-0.1, -0.05) is 19.8 Å². The molecule has 15 heavy (non-hydrogen) atoms. The Hall–Kier alpha value is -1.38. The van der Waals surface area contributed by atoms with E-state index in [0.717, 1.165) is 6.92 Å². The van der Waals surface area contributed by atoms with Crippen molar-refractivity contribution in [2.24, 2.45) is 0 Å². The fraction of sp³-hybridized carbons (Fsp3) is 0.500. The van der Waals surface area contributed by atoms with Crippen LogP contribution in [-0.2, 0) is 11.2 Å². The van der Waals surface area contributed by atoms with E-state index < -0.39 is 5.97 Å². The number of aromatic nitrogens is 1. The van der Waals surface area contributed by atoms with Gasteiger partial charge >= 0.3 is 0 Å². The molecule has 0 aliphatic rings. The fourth-order valence-corrected chi connectivity index (χ4v) is 1.13. The average molecular weight is 209 g/mol. The number of rotatable bonds is 4. The summed E-state index contributed by atoms with van der Waals surface area (Å²) < 4.78 is 0. The van der Waals surface area contributed by atoms with E-state index >= 15 is 0 Å². The molecule has 1 N–H and O–H groups in total. The van der Waals surface area contributed by atoms with Crippen LogP contribution in [0.4, 0.5) is 0 Å². The summed E-state index contributed by atoms with van der Waals surface area (Å²) >= 11 is 0. The van der Waals surface area contributed by atoms with Gasteiger partial charge in [-0.15, -0.1) is 0 Å². The van der Waals surface area contributed by atoms with Crippen LogP contribution in [-0.4, -0.2) is 16.1 Å². The summed E-state index contributed by atoms with van der Waals surface area (Å²) in [6.07, 6.45) is 8.87. The summed E-state index contributed by atoms with van der Waals surface area (Å²) in [6.45, 7) is 3.31. The molecule has 0 aliphatic carbocycles. The third-order valence-corrected chi connectivity index (χ3v) is 1.82. The van der Waals surface area contributed by atoms with Gasteiger partial charge in [0.2, 0.25) is 0 Å². The minimum atomic E-state index is -0.833. The van der Waals surface area contributed by atoms with Crippen LogP contribution in [0.25, 0.3) is 0 Å². The first-order valence-corrected chi connectivity index (χ1v) is 5.25. The SMILES string of the molecule is CC(=O)O.CCCCCc1ccncc1. The number of pyridine rings is 1. The monoisotopic (exact) mass is 209 g/mol. The first kappa shape index (κ1) is 13.6. The second kappa shape index (κ2) is 9.19. The molecule has 0 fully saturated rings. The summed E-state index contributed by atoms with van der Waals surface area (Å²) in [7, 11) is 0. The molecule has 0 bridgehead atoms. The van der Waals surface area contributed by atoms with Crippen LogP contribution in [0.5, 0.6) is 0 Å². The van der Waals surface area contributed by atoms with Gasteiger partial charge < -0.3 is 5.11 Å². The van der Waals surface area contributed by atoms with Gasteiger partial charge in [0.15, 0.2) is 0 Å². The van der Waals surface area contributed by atoms with Crippen LogP contribution in [0, 0.1) is 0 Å². The third-order valence-electron chi connectivity index (χ3n) is 1.82. The number of carboxylic acid groups (broad SMARTS) is 1. The van der Waals surface area contributed by atoms with E-state index in [1.165, 1.54) is 31.2 Å². The standard InChI is InChI=1S/C10H15N.C2H4O2/c1-2-3-4-5-10-6-8-11-9-7-10;1-2(3)4/h6-9H,2-5H2,1H3;1H3,(H,3,4). The van der Waals surface area contributed by atoms with E-state index in [4.69, 9.17) is 9.90 Å². The van der Waals surface area contributed by atoms with Crippen molar-refractivity contribution >= 4 is 5.97 Å². The lowest BCUT2D eigenvalue weighted by atomic mass is 10.1. The molecule has 0 amide bonds. The molecule has 0 atom stereocenters. The number of aliphatic carboxylic acids is 1. The fourth-order valence-electron chi connectivity index (χ4n) is 1.13. The lowest BCUT2D eigenvalue weighted by Gasteiger charge is -1.97. The smallest absolute Gasteiger partial charge is 0.300 e. The highest BCUT2D eigenvalue weighted by molar-refractivity contribution is 5.62. The van der Waals surface area contributed by atoms with Gasteiger partial charge in [-0.2, -0.15) is 0 Å². The quantitative estimate of drug-likeness (QED) is 0.776. The zero-order valence-electron chi connectivity index (χ0n) is 9.44. The highest BCUT2D eigenvalue weighted by atomic mass is 16.4. The van der Waals surface area contributed by atoms with Crippen LogP contribution in [0.3, 0.4) is 0 Å². The Bertz CT molecular complexity index is 256. The maximum Gasteiger partial charge on any atom is 0.300 e. The number of unbranched alkanes of at least 4 members (excludes halogenated alkanes) is 2. The van der Waals surface area contributed by atoms with Gasteiger partial charge in [0.25, 0.3) is 5.97 Å². The van der Waals surface area contributed by atoms with E-state index in [2.05, 4.69) is 24.0 Å². The Balaban J connectivity index is 0.000000423. The normalized spacial score (nSPS) is 8.93. The van der Waals surface area contributed by atoms with Crippen molar-refractivity contribution < 1.29 is 9.90 Å². The van der Waals surface area contributed by atoms with Gasteiger partial charge in [0, 0.05) is 19.3 Å². The van der Waals surface area contributed by atoms with Gasteiger partial charge in [-0.3, -0.25) is 9.78 Å². The minimum Gasteiger partial charge on any atom is -0.481 e. The van der Waals surface area contributed by atoms with Crippen LogP contribution >= 0.6 is 0 Å². The largest absolute Gasteiger partial charge is 0.481 e. The van der Waals surface area contributed by atoms with E-state index in [1.807, 2.05) is 12.4 Å². The first-order valence-electron chi connectivity index (χ1n) is 5.25. The molecule has 84 valence electrons. The Kier molecular flexibility index (Phi) is 8.34. The molecule has 0 radical (unpaired) electrons. The highest BCUT2D eigenvalue weighted by Gasteiger charge is 1.89. The molecule has 0 unspecified atom stereocenters. The number of nitrogens with zero attached hydrogens (tertiary/aromatic N) is 1. The number of aryl methyl sites for hydroxylation is 1. The molecule has 0 saturated heterocycles. The molecule has 0 aromatic carbocycles. The number of hydrogen-bond donors (Lipinski definition) is 1. The second-order valence-electron chi connectivity index (χ2n) is 3.33. The zero-order chi connectivity index (χ0) is 11.5. The van der Waals surface area contributed by atoms with Gasteiger partial charge in [-0.05, 0) is 30.5 Å². The zero-order valence-corrected chi connectivity index (χ0v) is 9.44. The molecule has 3 heteroatoms. The summed E-state index contributed by atoms with van der Waals surface area (Å²) in [5, 5.41) is 7.42.